The van der Waals surface area contributed by atoms with Gasteiger partial charge >= 0.3 is 0 Å². The molecular weight excluding hydrogens is 328 g/mol. The summed E-state index contributed by atoms with van der Waals surface area (Å²) in [7, 11) is 1.92. The smallest absolute Gasteiger partial charge is 0.138 e. The minimum absolute atomic E-state index is 0.329. The monoisotopic (exact) mass is 356 g/mol. The van der Waals surface area contributed by atoms with Gasteiger partial charge in [0, 0.05) is 19.9 Å². The van der Waals surface area contributed by atoms with Gasteiger partial charge in [-0.25, -0.2) is 0 Å². The Labute approximate surface area is 137 Å². The van der Waals surface area contributed by atoms with Crippen molar-refractivity contribution in [3.63, 3.8) is 0 Å². The molecule has 0 N–H and O–H groups in total. The first kappa shape index (κ1) is 18.4. The van der Waals surface area contributed by atoms with E-state index in [1.165, 1.54) is 38.5 Å². The van der Waals surface area contributed by atoms with E-state index in [9.17, 15) is 4.79 Å². The zero-order chi connectivity index (χ0) is 15.7. The number of ketones is 1. The molecule has 0 unspecified atom stereocenters. The molecule has 1 aromatic heterocycles. The Morgan fingerprint density at radius 3 is 2.29 bits per heavy atom. The summed E-state index contributed by atoms with van der Waals surface area (Å²) in [6, 6.07) is 0. The molecule has 0 amide bonds. The van der Waals surface area contributed by atoms with Crippen LogP contribution in [0.3, 0.4) is 0 Å². The Morgan fingerprint density at radius 1 is 1.10 bits per heavy atom. The first-order valence-electron chi connectivity index (χ1n) is 8.32. The first-order chi connectivity index (χ1) is 10.1. The number of hydrogen-bond acceptors (Lipinski definition) is 2. The highest BCUT2D eigenvalue weighted by atomic mass is 79.9. The van der Waals surface area contributed by atoms with E-state index in [4.69, 9.17) is 0 Å². The minimum Gasteiger partial charge on any atom is -0.299 e. The molecule has 1 heterocycles. The molecule has 0 aliphatic carbocycles. The first-order valence-corrected chi connectivity index (χ1v) is 9.11. The van der Waals surface area contributed by atoms with Crippen molar-refractivity contribution in [2.75, 3.05) is 0 Å². The summed E-state index contributed by atoms with van der Waals surface area (Å²) in [5.74, 6) is 0.329. The molecule has 3 nitrogen and oxygen atoms in total. The van der Waals surface area contributed by atoms with Crippen LogP contribution in [-0.4, -0.2) is 15.6 Å². The van der Waals surface area contributed by atoms with Gasteiger partial charge in [-0.05, 0) is 28.8 Å². The fourth-order valence-corrected chi connectivity index (χ4v) is 3.32. The van der Waals surface area contributed by atoms with Gasteiger partial charge in [0.05, 0.1) is 15.9 Å². The second kappa shape index (κ2) is 10.1. The van der Waals surface area contributed by atoms with Gasteiger partial charge in [0.1, 0.15) is 5.78 Å². The van der Waals surface area contributed by atoms with Crippen molar-refractivity contribution >= 4 is 21.7 Å². The number of carbonyl (C=O) groups is 1. The molecule has 4 heteroatoms. The number of halogens is 1. The number of rotatable bonds is 11. The van der Waals surface area contributed by atoms with Gasteiger partial charge in [-0.15, -0.1) is 0 Å². The lowest BCUT2D eigenvalue weighted by Crippen LogP contribution is -2.07. The fraction of sp³-hybridized carbons (Fsp3) is 0.765. The summed E-state index contributed by atoms with van der Waals surface area (Å²) in [5.41, 5.74) is 2.05. The molecular formula is C17H29BrN2O. The molecule has 0 saturated heterocycles. The van der Waals surface area contributed by atoms with Crippen molar-refractivity contribution in [1.82, 2.24) is 9.78 Å². The Kier molecular flexibility index (Phi) is 8.90. The molecule has 0 saturated carbocycles. The van der Waals surface area contributed by atoms with Crippen molar-refractivity contribution in [3.05, 3.63) is 15.9 Å². The van der Waals surface area contributed by atoms with Crippen molar-refractivity contribution in [3.8, 4) is 0 Å². The molecule has 0 atom stereocenters. The predicted molar refractivity (Wildman–Crippen MR) is 91.6 cm³/mol. The highest BCUT2D eigenvalue weighted by molar-refractivity contribution is 9.10. The number of carbonyl (C=O) groups excluding carboxylic acids is 1. The highest BCUT2D eigenvalue weighted by Gasteiger charge is 2.15. The Bertz CT molecular complexity index is 440. The van der Waals surface area contributed by atoms with Gasteiger partial charge < -0.3 is 0 Å². The second-order valence-corrected chi connectivity index (χ2v) is 6.56. The lowest BCUT2D eigenvalue weighted by Gasteiger charge is -2.03. The molecule has 0 aliphatic heterocycles. The van der Waals surface area contributed by atoms with E-state index in [-0.39, 0.29) is 0 Å². The minimum atomic E-state index is 0.329. The summed E-state index contributed by atoms with van der Waals surface area (Å²) < 4.78 is 2.85. The number of hydrogen-bond donors (Lipinski definition) is 0. The molecule has 0 aliphatic rings. The van der Waals surface area contributed by atoms with E-state index in [1.54, 1.807) is 0 Å². The highest BCUT2D eigenvalue weighted by Crippen LogP contribution is 2.22. The summed E-state index contributed by atoms with van der Waals surface area (Å²) in [4.78, 5) is 12.1. The van der Waals surface area contributed by atoms with Crippen molar-refractivity contribution in [1.29, 1.82) is 0 Å². The number of unbranched alkanes of at least 4 members (excludes halogenated alkanes) is 6. The maximum Gasteiger partial charge on any atom is 0.138 e. The normalized spacial score (nSPS) is 11.0. The molecule has 0 fully saturated rings. The van der Waals surface area contributed by atoms with Crippen LogP contribution in [0, 0.1) is 0 Å². The van der Waals surface area contributed by atoms with E-state index in [0.717, 1.165) is 28.7 Å². The van der Waals surface area contributed by atoms with Crippen LogP contribution >= 0.6 is 15.9 Å². The van der Waals surface area contributed by atoms with E-state index >= 15 is 0 Å². The zero-order valence-electron chi connectivity index (χ0n) is 13.8. The molecule has 0 aromatic carbocycles. The van der Waals surface area contributed by atoms with E-state index in [2.05, 4.69) is 34.9 Å². The SMILES string of the molecule is CCCCCCCCCC(=O)Cc1c(Br)c(CC)nn1C. The maximum atomic E-state index is 12.1. The molecule has 0 bridgehead atoms. The molecule has 1 rings (SSSR count). The molecule has 1 aromatic rings. The third-order valence-electron chi connectivity index (χ3n) is 3.93. The summed E-state index contributed by atoms with van der Waals surface area (Å²) >= 11 is 3.57. The van der Waals surface area contributed by atoms with Crippen LogP contribution in [0.1, 0.15) is 76.6 Å². The van der Waals surface area contributed by atoms with Crippen molar-refractivity contribution in [2.24, 2.45) is 7.05 Å². The molecule has 21 heavy (non-hydrogen) atoms. The van der Waals surface area contributed by atoms with Gasteiger partial charge in [0.25, 0.3) is 0 Å². The number of Topliss-reactive ketones (excluding diaryl/α,β-unsaturated/α-hetero) is 1. The van der Waals surface area contributed by atoms with E-state index in [1.807, 2.05) is 11.7 Å². The van der Waals surface area contributed by atoms with Crippen LogP contribution in [0.4, 0.5) is 0 Å². The average molecular weight is 357 g/mol. The second-order valence-electron chi connectivity index (χ2n) is 5.77. The van der Waals surface area contributed by atoms with Gasteiger partial charge in [-0.1, -0.05) is 52.4 Å². The molecule has 120 valence electrons. The summed E-state index contributed by atoms with van der Waals surface area (Å²) in [6.07, 6.45) is 10.9. The topological polar surface area (TPSA) is 34.9 Å². The lowest BCUT2D eigenvalue weighted by atomic mass is 10.0. The Hall–Kier alpha value is -0.640. The largest absolute Gasteiger partial charge is 0.299 e. The van der Waals surface area contributed by atoms with Crippen molar-refractivity contribution in [2.45, 2.75) is 78.1 Å². The van der Waals surface area contributed by atoms with Crippen LogP contribution in [-0.2, 0) is 24.7 Å². The van der Waals surface area contributed by atoms with Crippen molar-refractivity contribution < 1.29 is 4.79 Å². The number of aryl methyl sites for hydroxylation is 2. The van der Waals surface area contributed by atoms with Gasteiger partial charge in [0.15, 0.2) is 0 Å². The fourth-order valence-electron chi connectivity index (χ4n) is 2.57. The Morgan fingerprint density at radius 2 is 1.71 bits per heavy atom. The van der Waals surface area contributed by atoms with Crippen LogP contribution in [0.2, 0.25) is 0 Å². The quantitative estimate of drug-likeness (QED) is 0.523. The van der Waals surface area contributed by atoms with Gasteiger partial charge in [-0.2, -0.15) is 5.10 Å². The molecule has 0 radical (unpaired) electrons. The van der Waals surface area contributed by atoms with E-state index < -0.39 is 0 Å². The zero-order valence-corrected chi connectivity index (χ0v) is 15.3. The number of aromatic nitrogens is 2. The number of nitrogens with zero attached hydrogens (tertiary/aromatic N) is 2. The Balaban J connectivity index is 2.26. The summed E-state index contributed by atoms with van der Waals surface area (Å²) in [5, 5.41) is 4.44. The third-order valence-corrected chi connectivity index (χ3v) is 4.84. The van der Waals surface area contributed by atoms with Crippen LogP contribution in [0.25, 0.3) is 0 Å². The van der Waals surface area contributed by atoms with Crippen LogP contribution in [0.5, 0.6) is 0 Å². The maximum absolute atomic E-state index is 12.1. The molecule has 0 spiro atoms. The van der Waals surface area contributed by atoms with Crippen LogP contribution < -0.4 is 0 Å². The van der Waals surface area contributed by atoms with Crippen LogP contribution in [0.15, 0.2) is 4.47 Å². The predicted octanol–water partition coefficient (Wildman–Crippen LogP) is 5.00. The van der Waals surface area contributed by atoms with E-state index in [0.29, 0.717) is 18.6 Å². The summed E-state index contributed by atoms with van der Waals surface area (Å²) in [6.45, 7) is 4.32. The lowest BCUT2D eigenvalue weighted by molar-refractivity contribution is -0.118. The average Bonchev–Trinajstić information content (AvgIpc) is 2.73. The third kappa shape index (κ3) is 6.33. The standard InChI is InChI=1S/C17H29BrN2O/c1-4-6-7-8-9-10-11-12-14(21)13-16-17(18)15(5-2)19-20(16)3/h4-13H2,1-3H3. The van der Waals surface area contributed by atoms with Gasteiger partial charge in [0.2, 0.25) is 0 Å². The van der Waals surface area contributed by atoms with Gasteiger partial charge in [-0.3, -0.25) is 9.48 Å².